The first-order chi connectivity index (χ1) is 8.34. The number of hydrogen-bond acceptors (Lipinski definition) is 3. The summed E-state index contributed by atoms with van der Waals surface area (Å²) in [6.07, 6.45) is 7.07. The number of nitrogens with zero attached hydrogens (tertiary/aromatic N) is 1. The Morgan fingerprint density at radius 3 is 2.71 bits per heavy atom. The van der Waals surface area contributed by atoms with E-state index >= 15 is 0 Å². The molecular weight excluding hydrogens is 212 g/mol. The van der Waals surface area contributed by atoms with Crippen LogP contribution in [0, 0.1) is 11.8 Å². The summed E-state index contributed by atoms with van der Waals surface area (Å²) in [6.45, 7) is 6.67. The Balaban J connectivity index is 1.46. The monoisotopic (exact) mass is 240 g/mol. The zero-order valence-corrected chi connectivity index (χ0v) is 11.3. The molecule has 0 aromatic heterocycles. The van der Waals surface area contributed by atoms with Crippen molar-refractivity contribution in [2.24, 2.45) is 11.8 Å². The van der Waals surface area contributed by atoms with Gasteiger partial charge >= 0.3 is 0 Å². The van der Waals surface area contributed by atoms with Crippen LogP contribution in [0.4, 0.5) is 0 Å². The lowest BCUT2D eigenvalue weighted by atomic mass is 10.1. The van der Waals surface area contributed by atoms with Crippen LogP contribution in [0.5, 0.6) is 0 Å². The van der Waals surface area contributed by atoms with Gasteiger partial charge in [-0.05, 0) is 38.1 Å². The Hall–Kier alpha value is -0.120. The molecule has 1 aliphatic carbocycles. The highest BCUT2D eigenvalue weighted by Gasteiger charge is 2.17. The van der Waals surface area contributed by atoms with E-state index in [-0.39, 0.29) is 0 Å². The average molecular weight is 240 g/mol. The molecule has 2 aliphatic rings. The summed E-state index contributed by atoms with van der Waals surface area (Å²) in [4.78, 5) is 2.49. The topological polar surface area (TPSA) is 24.5 Å². The van der Waals surface area contributed by atoms with Gasteiger partial charge in [-0.15, -0.1) is 0 Å². The van der Waals surface area contributed by atoms with Crippen molar-refractivity contribution in [3.8, 4) is 0 Å². The van der Waals surface area contributed by atoms with E-state index in [4.69, 9.17) is 4.74 Å². The molecule has 3 nitrogen and oxygen atoms in total. The van der Waals surface area contributed by atoms with Crippen molar-refractivity contribution in [3.05, 3.63) is 0 Å². The number of hydrogen-bond donors (Lipinski definition) is 1. The second kappa shape index (κ2) is 7.34. The van der Waals surface area contributed by atoms with Gasteiger partial charge < -0.3 is 15.0 Å². The SMILES string of the molecule is CN(CCNCC1CCOC1)CC1CCCC1. The average Bonchev–Trinajstić information content (AvgIpc) is 2.96. The van der Waals surface area contributed by atoms with E-state index in [1.54, 1.807) is 0 Å². The van der Waals surface area contributed by atoms with Crippen molar-refractivity contribution in [2.45, 2.75) is 32.1 Å². The molecule has 0 spiro atoms. The van der Waals surface area contributed by atoms with Gasteiger partial charge in [-0.2, -0.15) is 0 Å². The third kappa shape index (κ3) is 4.94. The quantitative estimate of drug-likeness (QED) is 0.686. The van der Waals surface area contributed by atoms with Gasteiger partial charge in [-0.3, -0.25) is 0 Å². The van der Waals surface area contributed by atoms with E-state index < -0.39 is 0 Å². The number of rotatable bonds is 7. The molecule has 1 atom stereocenters. The van der Waals surface area contributed by atoms with Crippen LogP contribution in [0.25, 0.3) is 0 Å². The smallest absolute Gasteiger partial charge is 0.0507 e. The molecule has 0 amide bonds. The zero-order chi connectivity index (χ0) is 11.9. The zero-order valence-electron chi connectivity index (χ0n) is 11.3. The van der Waals surface area contributed by atoms with Crippen LogP contribution >= 0.6 is 0 Å². The number of nitrogens with one attached hydrogen (secondary N) is 1. The molecule has 1 unspecified atom stereocenters. The fourth-order valence-electron chi connectivity index (χ4n) is 3.05. The van der Waals surface area contributed by atoms with Gasteiger partial charge in [0.2, 0.25) is 0 Å². The fourth-order valence-corrected chi connectivity index (χ4v) is 3.05. The Bertz CT molecular complexity index is 198. The molecule has 17 heavy (non-hydrogen) atoms. The molecule has 0 radical (unpaired) electrons. The lowest BCUT2D eigenvalue weighted by Crippen LogP contribution is -2.34. The van der Waals surface area contributed by atoms with Crippen LogP contribution < -0.4 is 5.32 Å². The first kappa shape index (κ1) is 13.3. The molecule has 100 valence electrons. The largest absolute Gasteiger partial charge is 0.381 e. The van der Waals surface area contributed by atoms with Gasteiger partial charge in [-0.25, -0.2) is 0 Å². The predicted octanol–water partition coefficient (Wildman–Crippen LogP) is 1.73. The highest BCUT2D eigenvalue weighted by Crippen LogP contribution is 2.24. The summed E-state index contributed by atoms with van der Waals surface area (Å²) in [5.74, 6) is 1.73. The maximum atomic E-state index is 5.37. The van der Waals surface area contributed by atoms with Crippen molar-refractivity contribution in [3.63, 3.8) is 0 Å². The minimum absolute atomic E-state index is 0.759. The molecule has 2 rings (SSSR count). The molecule has 3 heteroatoms. The molecule has 1 saturated carbocycles. The maximum absolute atomic E-state index is 5.37. The Morgan fingerprint density at radius 1 is 1.18 bits per heavy atom. The fraction of sp³-hybridized carbons (Fsp3) is 1.00. The van der Waals surface area contributed by atoms with E-state index in [0.717, 1.165) is 38.1 Å². The van der Waals surface area contributed by atoms with Gasteiger partial charge in [0.1, 0.15) is 0 Å². The van der Waals surface area contributed by atoms with E-state index in [9.17, 15) is 0 Å². The van der Waals surface area contributed by atoms with Gasteiger partial charge in [0.15, 0.2) is 0 Å². The molecule has 0 aromatic rings. The third-order valence-electron chi connectivity index (χ3n) is 4.17. The third-order valence-corrected chi connectivity index (χ3v) is 4.17. The van der Waals surface area contributed by atoms with Crippen LogP contribution in [0.3, 0.4) is 0 Å². The first-order valence-electron chi connectivity index (χ1n) is 7.31. The molecule has 1 heterocycles. The summed E-state index contributed by atoms with van der Waals surface area (Å²) in [5, 5.41) is 3.56. The molecule has 0 aromatic carbocycles. The van der Waals surface area contributed by atoms with E-state index in [1.165, 1.54) is 45.2 Å². The van der Waals surface area contributed by atoms with Crippen molar-refractivity contribution in [1.82, 2.24) is 10.2 Å². The second-order valence-corrected chi connectivity index (χ2v) is 5.85. The van der Waals surface area contributed by atoms with Crippen molar-refractivity contribution < 1.29 is 4.74 Å². The highest BCUT2D eigenvalue weighted by molar-refractivity contribution is 4.71. The van der Waals surface area contributed by atoms with Crippen LogP contribution in [0.15, 0.2) is 0 Å². The van der Waals surface area contributed by atoms with Crippen molar-refractivity contribution in [1.29, 1.82) is 0 Å². The summed E-state index contributed by atoms with van der Waals surface area (Å²) in [5.41, 5.74) is 0. The second-order valence-electron chi connectivity index (χ2n) is 5.85. The molecule has 2 fully saturated rings. The summed E-state index contributed by atoms with van der Waals surface area (Å²) in [7, 11) is 2.26. The van der Waals surface area contributed by atoms with Crippen LogP contribution in [0.1, 0.15) is 32.1 Å². The number of likely N-dealkylation sites (N-methyl/N-ethyl adjacent to an activating group) is 1. The molecular formula is C14H28N2O. The van der Waals surface area contributed by atoms with Gasteiger partial charge in [-0.1, -0.05) is 12.8 Å². The Morgan fingerprint density at radius 2 is 2.00 bits per heavy atom. The van der Waals surface area contributed by atoms with Crippen LogP contribution in [-0.4, -0.2) is 51.3 Å². The van der Waals surface area contributed by atoms with Gasteiger partial charge in [0, 0.05) is 32.8 Å². The van der Waals surface area contributed by atoms with Crippen molar-refractivity contribution in [2.75, 3.05) is 46.4 Å². The Labute approximate surface area is 106 Å². The summed E-state index contributed by atoms with van der Waals surface area (Å²) < 4.78 is 5.37. The summed E-state index contributed by atoms with van der Waals surface area (Å²) >= 11 is 0. The van der Waals surface area contributed by atoms with Crippen LogP contribution in [-0.2, 0) is 4.74 Å². The molecule has 0 bridgehead atoms. The number of ether oxygens (including phenoxy) is 1. The standard InChI is InChI=1S/C14H28N2O/c1-16(11-13-4-2-3-5-13)8-7-15-10-14-6-9-17-12-14/h13-15H,2-12H2,1H3. The van der Waals surface area contributed by atoms with Crippen molar-refractivity contribution >= 4 is 0 Å². The minimum Gasteiger partial charge on any atom is -0.381 e. The Kier molecular flexibility index (Phi) is 5.75. The first-order valence-corrected chi connectivity index (χ1v) is 7.31. The van der Waals surface area contributed by atoms with Crippen LogP contribution in [0.2, 0.25) is 0 Å². The van der Waals surface area contributed by atoms with E-state index in [2.05, 4.69) is 17.3 Å². The highest BCUT2D eigenvalue weighted by atomic mass is 16.5. The van der Waals surface area contributed by atoms with Gasteiger partial charge in [0.05, 0.1) is 6.61 Å². The van der Waals surface area contributed by atoms with E-state index in [0.29, 0.717) is 0 Å². The van der Waals surface area contributed by atoms with E-state index in [1.807, 2.05) is 0 Å². The molecule has 1 saturated heterocycles. The lowest BCUT2D eigenvalue weighted by molar-refractivity contribution is 0.185. The normalized spacial score (nSPS) is 26.1. The molecule has 1 aliphatic heterocycles. The van der Waals surface area contributed by atoms with Gasteiger partial charge in [0.25, 0.3) is 0 Å². The lowest BCUT2D eigenvalue weighted by Gasteiger charge is -2.21. The predicted molar refractivity (Wildman–Crippen MR) is 71.3 cm³/mol. The molecule has 1 N–H and O–H groups in total. The minimum atomic E-state index is 0.759. The maximum Gasteiger partial charge on any atom is 0.0507 e. The summed E-state index contributed by atoms with van der Waals surface area (Å²) in [6, 6.07) is 0.